The number of carbonyl (C=O) groups excluding carboxylic acids is 1. The number of phenols is 1. The summed E-state index contributed by atoms with van der Waals surface area (Å²) in [5.41, 5.74) is 3.92. The van der Waals surface area contributed by atoms with Gasteiger partial charge in [-0.05, 0) is 36.8 Å². The topological polar surface area (TPSA) is 98.4 Å². The minimum Gasteiger partial charge on any atom is -0.508 e. The van der Waals surface area contributed by atoms with Crippen LogP contribution >= 0.6 is 11.3 Å². The Balaban J connectivity index is 1.71. The predicted octanol–water partition coefficient (Wildman–Crippen LogP) is 4.40. The largest absolute Gasteiger partial charge is 0.508 e. The van der Waals surface area contributed by atoms with Crippen LogP contribution < -0.4 is 5.32 Å². The first-order valence-corrected chi connectivity index (χ1v) is 9.53. The molecular formula is C21H16N4O2S. The zero-order valence-corrected chi connectivity index (χ0v) is 15.8. The van der Waals surface area contributed by atoms with Gasteiger partial charge in [0.15, 0.2) is 0 Å². The van der Waals surface area contributed by atoms with Crippen LogP contribution in [0.2, 0.25) is 0 Å². The first-order valence-electron chi connectivity index (χ1n) is 8.66. The number of hydrogen-bond donors (Lipinski definition) is 2. The summed E-state index contributed by atoms with van der Waals surface area (Å²) in [6, 6.07) is 15.5. The molecule has 0 fully saturated rings. The number of rotatable bonds is 3. The third-order valence-electron chi connectivity index (χ3n) is 4.69. The van der Waals surface area contributed by atoms with Gasteiger partial charge in [-0.25, -0.2) is 14.8 Å². The Morgan fingerprint density at radius 2 is 1.86 bits per heavy atom. The van der Waals surface area contributed by atoms with E-state index in [1.54, 1.807) is 36.4 Å². The Labute approximate surface area is 165 Å². The summed E-state index contributed by atoms with van der Waals surface area (Å²) >= 11 is 1.51. The van der Waals surface area contributed by atoms with Crippen molar-refractivity contribution in [3.8, 4) is 23.1 Å². The van der Waals surface area contributed by atoms with E-state index in [2.05, 4.69) is 16.4 Å². The summed E-state index contributed by atoms with van der Waals surface area (Å²) in [6.07, 6.45) is 0. The van der Waals surface area contributed by atoms with Crippen LogP contribution in [0.25, 0.3) is 11.3 Å². The molecule has 138 valence electrons. The molecule has 0 radical (unpaired) electrons. The highest BCUT2D eigenvalue weighted by molar-refractivity contribution is 7.10. The summed E-state index contributed by atoms with van der Waals surface area (Å²) < 4.78 is 0. The summed E-state index contributed by atoms with van der Waals surface area (Å²) in [5, 5.41) is 24.2. The van der Waals surface area contributed by atoms with Gasteiger partial charge >= 0.3 is 6.03 Å². The van der Waals surface area contributed by atoms with Crippen molar-refractivity contribution < 1.29 is 9.90 Å². The van der Waals surface area contributed by atoms with Crippen molar-refractivity contribution in [1.82, 2.24) is 10.3 Å². The molecule has 0 bridgehead atoms. The van der Waals surface area contributed by atoms with E-state index >= 15 is 0 Å². The quantitative estimate of drug-likeness (QED) is 0.695. The van der Waals surface area contributed by atoms with Gasteiger partial charge in [0.25, 0.3) is 0 Å². The first-order chi connectivity index (χ1) is 13.5. The molecule has 2 aromatic carbocycles. The Bertz CT molecular complexity index is 1090. The fourth-order valence-electron chi connectivity index (χ4n) is 3.28. The van der Waals surface area contributed by atoms with Gasteiger partial charge in [0.05, 0.1) is 29.3 Å². The van der Waals surface area contributed by atoms with Crippen LogP contribution in [0.1, 0.15) is 35.0 Å². The molecule has 2 heterocycles. The number of amides is 2. The summed E-state index contributed by atoms with van der Waals surface area (Å²) in [6.45, 7) is 1.83. The van der Waals surface area contributed by atoms with Crippen LogP contribution in [0, 0.1) is 11.3 Å². The van der Waals surface area contributed by atoms with Crippen molar-refractivity contribution in [1.29, 1.82) is 5.26 Å². The first kappa shape index (κ1) is 17.9. The SMILES string of the molecule is CC1=NC(=O)NC(c2ccc(O)cc2)C1c1nc(-c2ccc(C#N)cc2)cs1. The molecule has 2 N–H and O–H groups in total. The number of phenolic OH excluding ortho intramolecular Hbond substituents is 1. The number of benzene rings is 2. The van der Waals surface area contributed by atoms with Crippen molar-refractivity contribution in [3.05, 3.63) is 70.0 Å². The van der Waals surface area contributed by atoms with Gasteiger partial charge in [-0.2, -0.15) is 5.26 Å². The maximum absolute atomic E-state index is 12.0. The minimum absolute atomic E-state index is 0.171. The molecule has 0 saturated carbocycles. The standard InChI is InChI=1S/C21H16N4O2S/c1-12-18(19(25-21(27)23-12)15-6-8-16(26)9-7-15)20-24-17(11-28-20)14-4-2-13(10-22)3-5-14/h2-9,11,18-19,26H,1H3,(H,25,27). The Hall–Kier alpha value is -3.50. The van der Waals surface area contributed by atoms with Gasteiger partial charge in [0.2, 0.25) is 0 Å². The van der Waals surface area contributed by atoms with Gasteiger partial charge in [-0.1, -0.05) is 24.3 Å². The maximum atomic E-state index is 12.0. The van der Waals surface area contributed by atoms with Gasteiger partial charge in [0.1, 0.15) is 10.8 Å². The number of aromatic nitrogens is 1. The van der Waals surface area contributed by atoms with E-state index < -0.39 is 0 Å². The number of nitriles is 1. The summed E-state index contributed by atoms with van der Waals surface area (Å²) in [5.74, 6) is -0.0236. The molecule has 1 aliphatic rings. The highest BCUT2D eigenvalue weighted by Gasteiger charge is 2.34. The molecule has 2 atom stereocenters. The summed E-state index contributed by atoms with van der Waals surface area (Å²) in [7, 11) is 0. The van der Waals surface area contributed by atoms with Crippen molar-refractivity contribution in [2.45, 2.75) is 18.9 Å². The van der Waals surface area contributed by atoms with Gasteiger partial charge < -0.3 is 10.4 Å². The number of hydrogen-bond acceptors (Lipinski definition) is 5. The van der Waals surface area contributed by atoms with Gasteiger partial charge in [0, 0.05) is 16.7 Å². The van der Waals surface area contributed by atoms with Gasteiger partial charge in [-0.15, -0.1) is 11.3 Å². The maximum Gasteiger partial charge on any atom is 0.341 e. The predicted molar refractivity (Wildman–Crippen MR) is 107 cm³/mol. The highest BCUT2D eigenvalue weighted by Crippen LogP contribution is 2.38. The minimum atomic E-state index is -0.379. The Kier molecular flexibility index (Phi) is 4.63. The molecule has 2 unspecified atom stereocenters. The number of nitrogens with zero attached hydrogens (tertiary/aromatic N) is 3. The molecular weight excluding hydrogens is 372 g/mol. The van der Waals surface area contributed by atoms with Crippen molar-refractivity contribution in [2.24, 2.45) is 4.99 Å². The molecule has 3 aromatic rings. The summed E-state index contributed by atoms with van der Waals surface area (Å²) in [4.78, 5) is 20.9. The highest BCUT2D eigenvalue weighted by atomic mass is 32.1. The molecule has 0 aliphatic carbocycles. The van der Waals surface area contributed by atoms with Crippen LogP contribution in [-0.4, -0.2) is 21.8 Å². The fraction of sp³-hybridized carbons (Fsp3) is 0.143. The third kappa shape index (κ3) is 3.38. The molecule has 0 saturated heterocycles. The Morgan fingerprint density at radius 1 is 1.14 bits per heavy atom. The van der Waals surface area contributed by atoms with Crippen molar-refractivity contribution in [3.63, 3.8) is 0 Å². The average molecular weight is 388 g/mol. The van der Waals surface area contributed by atoms with E-state index in [1.165, 1.54) is 11.3 Å². The second-order valence-electron chi connectivity index (χ2n) is 6.51. The number of aromatic hydroxyl groups is 1. The lowest BCUT2D eigenvalue weighted by Crippen LogP contribution is -2.38. The molecule has 6 nitrogen and oxygen atoms in total. The van der Waals surface area contributed by atoms with Crippen LogP contribution in [0.3, 0.4) is 0 Å². The number of carbonyl (C=O) groups is 1. The van der Waals surface area contributed by atoms with E-state index in [0.29, 0.717) is 11.3 Å². The molecule has 2 amide bonds. The normalized spacial score (nSPS) is 18.9. The molecule has 0 spiro atoms. The number of nitrogens with one attached hydrogen (secondary N) is 1. The lowest BCUT2D eigenvalue weighted by Gasteiger charge is -2.30. The lowest BCUT2D eigenvalue weighted by molar-refractivity contribution is 0.243. The van der Waals surface area contributed by atoms with Crippen LogP contribution in [0.15, 0.2) is 58.9 Å². The van der Waals surface area contributed by atoms with Crippen LogP contribution in [-0.2, 0) is 0 Å². The second-order valence-corrected chi connectivity index (χ2v) is 7.40. The Morgan fingerprint density at radius 3 is 2.54 bits per heavy atom. The number of thiazole rings is 1. The van der Waals surface area contributed by atoms with Gasteiger partial charge in [-0.3, -0.25) is 0 Å². The van der Waals surface area contributed by atoms with E-state index in [9.17, 15) is 9.90 Å². The van der Waals surface area contributed by atoms with Crippen molar-refractivity contribution >= 4 is 23.1 Å². The van der Waals surface area contributed by atoms with E-state index in [-0.39, 0.29) is 23.7 Å². The second kappa shape index (κ2) is 7.25. The average Bonchev–Trinajstić information content (AvgIpc) is 3.17. The molecule has 7 heteroatoms. The van der Waals surface area contributed by atoms with Crippen molar-refractivity contribution in [2.75, 3.05) is 0 Å². The lowest BCUT2D eigenvalue weighted by atomic mass is 9.88. The van der Waals surface area contributed by atoms with Crippen LogP contribution in [0.5, 0.6) is 5.75 Å². The van der Waals surface area contributed by atoms with Crippen LogP contribution in [0.4, 0.5) is 4.79 Å². The molecule has 28 heavy (non-hydrogen) atoms. The fourth-order valence-corrected chi connectivity index (χ4v) is 4.30. The van der Waals surface area contributed by atoms with E-state index in [0.717, 1.165) is 21.8 Å². The van der Waals surface area contributed by atoms with E-state index in [4.69, 9.17) is 10.2 Å². The monoisotopic (exact) mass is 388 g/mol. The zero-order chi connectivity index (χ0) is 19.7. The van der Waals surface area contributed by atoms with E-state index in [1.807, 2.05) is 24.4 Å². The molecule has 1 aromatic heterocycles. The number of urea groups is 1. The third-order valence-corrected chi connectivity index (χ3v) is 5.62. The smallest absolute Gasteiger partial charge is 0.341 e. The molecule has 4 rings (SSSR count). The zero-order valence-electron chi connectivity index (χ0n) is 15.0. The molecule has 1 aliphatic heterocycles. The number of aliphatic imine (C=N–C) groups is 1.